The van der Waals surface area contributed by atoms with Crippen molar-refractivity contribution in [1.29, 1.82) is 0 Å². The first-order valence-corrected chi connectivity index (χ1v) is 8.35. The number of rotatable bonds is 4. The molecule has 0 bridgehead atoms. The first-order chi connectivity index (χ1) is 7.58. The van der Waals surface area contributed by atoms with Gasteiger partial charge >= 0.3 is 44.7 Å². The Morgan fingerprint density at radius 2 is 1.72 bits per heavy atom. The predicted octanol–water partition coefficient (Wildman–Crippen LogP) is -3.51. The second-order valence-electron chi connectivity index (χ2n) is 4.28. The molecule has 1 aliphatic heterocycles. The van der Waals surface area contributed by atoms with Gasteiger partial charge in [-0.2, -0.15) is 0 Å². The second kappa shape index (κ2) is 6.78. The summed E-state index contributed by atoms with van der Waals surface area (Å²) in [5, 5.41) is 9.35. The van der Waals surface area contributed by atoms with Crippen LogP contribution in [0.3, 0.4) is 0 Å². The Balaban J connectivity index is 0. The minimum atomic E-state index is -5.31. The van der Waals surface area contributed by atoms with Crippen LogP contribution < -0.4 is 34.9 Å². The van der Waals surface area contributed by atoms with Crippen LogP contribution in [0.15, 0.2) is 0 Å². The van der Waals surface area contributed by atoms with Crippen LogP contribution >= 0.6 is 15.2 Å². The molecular formula is C7H18NNaO7P2. The molecular weight excluding hydrogens is 295 g/mol. The maximum Gasteiger partial charge on any atom is 1.00 e. The summed E-state index contributed by atoms with van der Waals surface area (Å²) in [5.74, 6) is -0.367. The molecule has 1 saturated heterocycles. The van der Waals surface area contributed by atoms with Crippen molar-refractivity contribution in [2.24, 2.45) is 5.92 Å². The average molecular weight is 313 g/mol. The van der Waals surface area contributed by atoms with E-state index in [9.17, 15) is 14.2 Å². The summed E-state index contributed by atoms with van der Waals surface area (Å²) in [4.78, 5) is 35.8. The van der Waals surface area contributed by atoms with Gasteiger partial charge in [0.15, 0.2) is 0 Å². The SMILES string of the molecule is O=P(O)(O)C(O)(CC1CCCNC1)P(=O)(O)O.[H-].[Na+]. The number of hydrogen-bond donors (Lipinski definition) is 6. The van der Waals surface area contributed by atoms with E-state index in [1.54, 1.807) is 0 Å². The molecule has 0 aromatic heterocycles. The molecule has 1 heterocycles. The van der Waals surface area contributed by atoms with E-state index in [-0.39, 0.29) is 36.9 Å². The zero-order valence-corrected chi connectivity index (χ0v) is 13.8. The maximum absolute atomic E-state index is 11.1. The Morgan fingerprint density at radius 1 is 1.22 bits per heavy atom. The molecule has 1 aliphatic rings. The molecule has 11 heteroatoms. The first-order valence-electron chi connectivity index (χ1n) is 5.12. The monoisotopic (exact) mass is 313 g/mol. The molecule has 0 aromatic carbocycles. The quantitative estimate of drug-likeness (QED) is 0.231. The van der Waals surface area contributed by atoms with Crippen molar-refractivity contribution in [2.45, 2.75) is 24.3 Å². The van der Waals surface area contributed by atoms with Crippen LogP contribution in [0.2, 0.25) is 0 Å². The van der Waals surface area contributed by atoms with Crippen LogP contribution in [-0.4, -0.2) is 42.9 Å². The fraction of sp³-hybridized carbons (Fsp3) is 1.00. The van der Waals surface area contributed by atoms with Gasteiger partial charge in [-0.1, -0.05) is 0 Å². The minimum Gasteiger partial charge on any atom is -1.00 e. The number of hydrogen-bond acceptors (Lipinski definition) is 4. The van der Waals surface area contributed by atoms with Crippen molar-refractivity contribution in [3.63, 3.8) is 0 Å². The van der Waals surface area contributed by atoms with Crippen molar-refractivity contribution in [1.82, 2.24) is 5.32 Å². The summed E-state index contributed by atoms with van der Waals surface area (Å²) in [7, 11) is -10.6. The summed E-state index contributed by atoms with van der Waals surface area (Å²) in [6.07, 6.45) is 0.687. The summed E-state index contributed by atoms with van der Waals surface area (Å²) in [5.41, 5.74) is 0. The van der Waals surface area contributed by atoms with Crippen LogP contribution in [0, 0.1) is 5.92 Å². The Kier molecular flexibility index (Phi) is 7.24. The van der Waals surface area contributed by atoms with Gasteiger partial charge in [0.25, 0.3) is 5.08 Å². The number of piperidine rings is 1. The van der Waals surface area contributed by atoms with Crippen LogP contribution in [-0.2, 0) is 9.13 Å². The van der Waals surface area contributed by atoms with Crippen LogP contribution in [0.25, 0.3) is 0 Å². The summed E-state index contributed by atoms with van der Waals surface area (Å²) < 4.78 is 22.2. The van der Waals surface area contributed by atoms with Gasteiger partial charge in [-0.25, -0.2) is 0 Å². The molecule has 0 aliphatic carbocycles. The molecule has 1 unspecified atom stereocenters. The zero-order valence-electron chi connectivity index (χ0n) is 11.1. The van der Waals surface area contributed by atoms with Gasteiger partial charge in [0.1, 0.15) is 0 Å². The Morgan fingerprint density at radius 3 is 2.06 bits per heavy atom. The maximum atomic E-state index is 11.1. The van der Waals surface area contributed by atoms with E-state index < -0.39 is 26.7 Å². The fourth-order valence-electron chi connectivity index (χ4n) is 1.89. The Labute approximate surface area is 128 Å². The third-order valence-corrected chi connectivity index (χ3v) is 6.69. The van der Waals surface area contributed by atoms with E-state index in [1.165, 1.54) is 0 Å². The molecule has 0 radical (unpaired) electrons. The van der Waals surface area contributed by atoms with E-state index in [1.807, 2.05) is 0 Å². The van der Waals surface area contributed by atoms with Gasteiger partial charge in [-0.3, -0.25) is 9.13 Å². The van der Waals surface area contributed by atoms with E-state index >= 15 is 0 Å². The predicted molar refractivity (Wildman–Crippen MR) is 60.4 cm³/mol. The van der Waals surface area contributed by atoms with Crippen molar-refractivity contribution < 1.29 is 64.8 Å². The standard InChI is InChI=1S/C7H17NO7P2.Na.H/c9-7(16(10,11)12,17(13,14)15)4-6-2-1-3-8-5-6;;/h6,8-9H,1-5H2,(H2,10,11,12)(H2,13,14,15);;/q;+1;-1. The van der Waals surface area contributed by atoms with Crippen molar-refractivity contribution in [3.8, 4) is 0 Å². The third-order valence-electron chi connectivity index (χ3n) is 2.89. The van der Waals surface area contributed by atoms with Crippen molar-refractivity contribution in [2.75, 3.05) is 13.1 Å². The van der Waals surface area contributed by atoms with Crippen LogP contribution in [0.4, 0.5) is 0 Å². The van der Waals surface area contributed by atoms with E-state index in [0.717, 1.165) is 13.0 Å². The van der Waals surface area contributed by atoms with Gasteiger partial charge in [0, 0.05) is 6.42 Å². The van der Waals surface area contributed by atoms with Crippen molar-refractivity contribution >= 4 is 15.2 Å². The smallest absolute Gasteiger partial charge is 1.00 e. The van der Waals surface area contributed by atoms with Crippen LogP contribution in [0.5, 0.6) is 0 Å². The van der Waals surface area contributed by atoms with Crippen LogP contribution in [0.1, 0.15) is 20.7 Å². The van der Waals surface area contributed by atoms with E-state index in [2.05, 4.69) is 5.32 Å². The normalized spacial score (nSPS) is 22.4. The molecule has 104 valence electrons. The summed E-state index contributed by atoms with van der Waals surface area (Å²) >= 11 is 0. The van der Waals surface area contributed by atoms with E-state index in [4.69, 9.17) is 19.6 Å². The molecule has 8 nitrogen and oxygen atoms in total. The zero-order chi connectivity index (χ0) is 13.3. The van der Waals surface area contributed by atoms with Gasteiger partial charge in [-0.05, 0) is 31.8 Å². The van der Waals surface area contributed by atoms with Gasteiger partial charge in [0.05, 0.1) is 0 Å². The summed E-state index contributed by atoms with van der Waals surface area (Å²) in [6, 6.07) is 0. The molecule has 0 aromatic rings. The van der Waals surface area contributed by atoms with Gasteiger partial charge < -0.3 is 31.4 Å². The topological polar surface area (TPSA) is 147 Å². The molecule has 0 amide bonds. The number of nitrogens with one attached hydrogen (secondary N) is 1. The molecule has 18 heavy (non-hydrogen) atoms. The summed E-state index contributed by atoms with van der Waals surface area (Å²) in [6.45, 7) is 1.13. The number of aliphatic hydroxyl groups is 1. The second-order valence-corrected chi connectivity index (χ2v) is 8.29. The molecule has 1 fully saturated rings. The molecule has 0 spiro atoms. The molecule has 1 atom stereocenters. The first kappa shape index (κ1) is 19.2. The third kappa shape index (κ3) is 4.36. The largest absolute Gasteiger partial charge is 1.00 e. The molecule has 1 rings (SSSR count). The molecule has 6 N–H and O–H groups in total. The average Bonchev–Trinajstić information content (AvgIpc) is 2.15. The Bertz CT molecular complexity index is 344. The van der Waals surface area contributed by atoms with E-state index in [0.29, 0.717) is 13.0 Å². The minimum absolute atomic E-state index is 0. The fourth-order valence-corrected chi connectivity index (χ4v) is 4.24. The Hall–Kier alpha value is 1.22. The van der Waals surface area contributed by atoms with Gasteiger partial charge in [0.2, 0.25) is 0 Å². The molecule has 0 saturated carbocycles. The van der Waals surface area contributed by atoms with Gasteiger partial charge in [-0.15, -0.1) is 0 Å². The van der Waals surface area contributed by atoms with Crippen molar-refractivity contribution in [3.05, 3.63) is 0 Å².